The Balaban J connectivity index is 1.94. The lowest BCUT2D eigenvalue weighted by Crippen LogP contribution is -2.38. The first-order valence-corrected chi connectivity index (χ1v) is 10.4. The number of carbonyl (C=O) groups excluding carboxylic acids is 3. The van der Waals surface area contributed by atoms with Crippen molar-refractivity contribution in [2.45, 2.75) is 20.3 Å². The normalized spacial score (nSPS) is 10.5. The Bertz CT molecular complexity index is 963. The van der Waals surface area contributed by atoms with Crippen molar-refractivity contribution in [1.82, 2.24) is 10.7 Å². The molecule has 0 heterocycles. The van der Waals surface area contributed by atoms with Gasteiger partial charge in [-0.05, 0) is 61.4 Å². The zero-order valence-electron chi connectivity index (χ0n) is 17.8. The Morgan fingerprint density at radius 2 is 1.75 bits per heavy atom. The van der Waals surface area contributed by atoms with Crippen molar-refractivity contribution in [2.24, 2.45) is 5.10 Å². The fraction of sp³-hybridized carbons (Fsp3) is 0.273. The van der Waals surface area contributed by atoms with Crippen LogP contribution in [-0.2, 0) is 14.4 Å². The highest BCUT2D eigenvalue weighted by atomic mass is 35.5. The summed E-state index contributed by atoms with van der Waals surface area (Å²) in [6.45, 7) is 4.26. The number of ether oxygens (including phenoxy) is 2. The number of nitrogens with zero attached hydrogens (tertiary/aromatic N) is 1. The van der Waals surface area contributed by atoms with Crippen LogP contribution in [-0.4, -0.2) is 43.7 Å². The van der Waals surface area contributed by atoms with E-state index in [1.54, 1.807) is 42.5 Å². The van der Waals surface area contributed by atoms with Crippen LogP contribution in [0.2, 0.25) is 5.02 Å². The van der Waals surface area contributed by atoms with Gasteiger partial charge in [0.25, 0.3) is 5.91 Å². The summed E-state index contributed by atoms with van der Waals surface area (Å²) in [7, 11) is 0. The van der Waals surface area contributed by atoms with Gasteiger partial charge in [0, 0.05) is 17.3 Å². The van der Waals surface area contributed by atoms with E-state index in [4.69, 9.17) is 21.1 Å². The van der Waals surface area contributed by atoms with Crippen LogP contribution in [0, 0.1) is 0 Å². The molecule has 170 valence electrons. The number of hydrogen-bond acceptors (Lipinski definition) is 6. The van der Waals surface area contributed by atoms with Gasteiger partial charge in [-0.25, -0.2) is 5.43 Å². The highest BCUT2D eigenvalue weighted by Gasteiger charge is 2.12. The second kappa shape index (κ2) is 13.0. The van der Waals surface area contributed by atoms with Crippen molar-refractivity contribution in [3.8, 4) is 11.5 Å². The highest BCUT2D eigenvalue weighted by molar-refractivity contribution is 6.35. The fourth-order valence-electron chi connectivity index (χ4n) is 2.40. The van der Waals surface area contributed by atoms with E-state index in [2.05, 4.69) is 21.2 Å². The molecule has 2 aromatic carbocycles. The standard InChI is InChI=1S/C22H25ClN4O5/c1-3-11-24-21(29)22(30)27-25-13-15-5-10-18(19(12-15)31-4-2)32-14-20(28)26-17-8-6-16(23)7-9-17/h5-10,12-13H,3-4,11,14H2,1-2H3,(H,24,29)(H,26,28)(H,27,30)/b25-13-. The summed E-state index contributed by atoms with van der Waals surface area (Å²) in [6.07, 6.45) is 2.09. The van der Waals surface area contributed by atoms with Crippen LogP contribution in [0.5, 0.6) is 11.5 Å². The van der Waals surface area contributed by atoms with Crippen molar-refractivity contribution in [3.63, 3.8) is 0 Å². The van der Waals surface area contributed by atoms with Gasteiger partial charge in [0.1, 0.15) is 0 Å². The minimum absolute atomic E-state index is 0.223. The maximum atomic E-state index is 12.1. The molecule has 0 bridgehead atoms. The molecular weight excluding hydrogens is 436 g/mol. The lowest BCUT2D eigenvalue weighted by atomic mass is 10.2. The molecular formula is C22H25ClN4O5. The molecule has 0 atom stereocenters. The van der Waals surface area contributed by atoms with Crippen LogP contribution in [0.25, 0.3) is 0 Å². The molecule has 3 N–H and O–H groups in total. The van der Waals surface area contributed by atoms with Gasteiger partial charge >= 0.3 is 11.8 Å². The second-order valence-corrected chi connectivity index (χ2v) is 6.87. The van der Waals surface area contributed by atoms with Crippen LogP contribution < -0.4 is 25.5 Å². The smallest absolute Gasteiger partial charge is 0.329 e. The third-order valence-corrected chi connectivity index (χ3v) is 4.13. The maximum Gasteiger partial charge on any atom is 0.329 e. The van der Waals surface area contributed by atoms with E-state index in [1.807, 2.05) is 13.8 Å². The van der Waals surface area contributed by atoms with Crippen LogP contribution in [0.3, 0.4) is 0 Å². The van der Waals surface area contributed by atoms with E-state index >= 15 is 0 Å². The van der Waals surface area contributed by atoms with Gasteiger partial charge in [-0.3, -0.25) is 14.4 Å². The van der Waals surface area contributed by atoms with E-state index in [1.165, 1.54) is 6.21 Å². The fourth-order valence-corrected chi connectivity index (χ4v) is 2.53. The number of anilines is 1. The van der Waals surface area contributed by atoms with E-state index in [0.717, 1.165) is 6.42 Å². The molecule has 0 radical (unpaired) electrons. The molecule has 3 amide bonds. The molecule has 10 heteroatoms. The summed E-state index contributed by atoms with van der Waals surface area (Å²) < 4.78 is 11.2. The summed E-state index contributed by atoms with van der Waals surface area (Å²) in [6, 6.07) is 11.7. The zero-order chi connectivity index (χ0) is 23.3. The highest BCUT2D eigenvalue weighted by Crippen LogP contribution is 2.28. The van der Waals surface area contributed by atoms with Crippen molar-refractivity contribution in [2.75, 3.05) is 25.1 Å². The quantitative estimate of drug-likeness (QED) is 0.286. The average molecular weight is 461 g/mol. The van der Waals surface area contributed by atoms with Crippen molar-refractivity contribution in [3.05, 3.63) is 53.1 Å². The van der Waals surface area contributed by atoms with Crippen LogP contribution >= 0.6 is 11.6 Å². The topological polar surface area (TPSA) is 118 Å². The molecule has 0 saturated carbocycles. The largest absolute Gasteiger partial charge is 0.490 e. The number of benzene rings is 2. The Morgan fingerprint density at radius 3 is 2.44 bits per heavy atom. The van der Waals surface area contributed by atoms with Crippen molar-refractivity contribution < 1.29 is 23.9 Å². The van der Waals surface area contributed by atoms with Crippen molar-refractivity contribution >= 4 is 41.2 Å². The molecule has 0 aliphatic carbocycles. The van der Waals surface area contributed by atoms with Gasteiger partial charge in [-0.1, -0.05) is 18.5 Å². The minimum atomic E-state index is -0.855. The van der Waals surface area contributed by atoms with Gasteiger partial charge in [-0.15, -0.1) is 0 Å². The molecule has 0 aromatic heterocycles. The number of halogens is 1. The third-order valence-electron chi connectivity index (χ3n) is 3.88. The lowest BCUT2D eigenvalue weighted by molar-refractivity contribution is -0.139. The van der Waals surface area contributed by atoms with Gasteiger partial charge in [0.15, 0.2) is 18.1 Å². The van der Waals surface area contributed by atoms with E-state index < -0.39 is 11.8 Å². The Hall–Kier alpha value is -3.59. The lowest BCUT2D eigenvalue weighted by Gasteiger charge is -2.12. The van der Waals surface area contributed by atoms with Gasteiger partial charge < -0.3 is 20.1 Å². The SMILES string of the molecule is CCCNC(=O)C(=O)N/N=C\c1ccc(OCC(=O)Nc2ccc(Cl)cc2)c(OCC)c1. The van der Waals surface area contributed by atoms with Gasteiger partial charge in [-0.2, -0.15) is 5.10 Å². The molecule has 32 heavy (non-hydrogen) atoms. The summed E-state index contributed by atoms with van der Waals surface area (Å²) in [5, 5.41) is 9.51. The van der Waals surface area contributed by atoms with E-state index in [0.29, 0.717) is 40.9 Å². The summed E-state index contributed by atoms with van der Waals surface area (Å²) in [4.78, 5) is 35.3. The first-order chi connectivity index (χ1) is 15.4. The van der Waals surface area contributed by atoms with Gasteiger partial charge in [0.05, 0.1) is 12.8 Å². The second-order valence-electron chi connectivity index (χ2n) is 6.44. The number of hydrogen-bond donors (Lipinski definition) is 3. The number of rotatable bonds is 10. The molecule has 0 aliphatic rings. The molecule has 0 aliphatic heterocycles. The monoisotopic (exact) mass is 460 g/mol. The zero-order valence-corrected chi connectivity index (χ0v) is 18.6. The molecule has 9 nitrogen and oxygen atoms in total. The van der Waals surface area contributed by atoms with Crippen LogP contribution in [0.15, 0.2) is 47.6 Å². The number of nitrogens with one attached hydrogen (secondary N) is 3. The Labute approximate surface area is 191 Å². The molecule has 2 aromatic rings. The summed E-state index contributed by atoms with van der Waals surface area (Å²) in [5.41, 5.74) is 3.36. The molecule has 0 spiro atoms. The summed E-state index contributed by atoms with van der Waals surface area (Å²) in [5.74, 6) is -1.17. The van der Waals surface area contributed by atoms with E-state index in [-0.39, 0.29) is 12.5 Å². The predicted molar refractivity (Wildman–Crippen MR) is 122 cm³/mol. The Morgan fingerprint density at radius 1 is 1.00 bits per heavy atom. The minimum Gasteiger partial charge on any atom is -0.490 e. The van der Waals surface area contributed by atoms with Crippen molar-refractivity contribution in [1.29, 1.82) is 0 Å². The number of amides is 3. The molecule has 0 fully saturated rings. The van der Waals surface area contributed by atoms with E-state index in [9.17, 15) is 14.4 Å². The molecule has 0 unspecified atom stereocenters. The predicted octanol–water partition coefficient (Wildman–Crippen LogP) is 2.73. The first kappa shape index (κ1) is 24.7. The summed E-state index contributed by atoms with van der Waals surface area (Å²) >= 11 is 5.83. The maximum absolute atomic E-state index is 12.1. The number of hydrazone groups is 1. The van der Waals surface area contributed by atoms with Gasteiger partial charge in [0.2, 0.25) is 0 Å². The molecule has 0 saturated heterocycles. The number of carbonyl (C=O) groups is 3. The molecule has 2 rings (SSSR count). The third kappa shape index (κ3) is 8.27. The van der Waals surface area contributed by atoms with Crippen LogP contribution in [0.1, 0.15) is 25.8 Å². The first-order valence-electron chi connectivity index (χ1n) is 9.99. The average Bonchev–Trinajstić information content (AvgIpc) is 2.78. The van der Waals surface area contributed by atoms with Crippen LogP contribution in [0.4, 0.5) is 5.69 Å². The Kier molecular flexibility index (Phi) is 9.99.